The fourth-order valence-corrected chi connectivity index (χ4v) is 3.45. The Morgan fingerprint density at radius 1 is 1.12 bits per heavy atom. The lowest BCUT2D eigenvalue weighted by atomic mass is 9.84. The van der Waals surface area contributed by atoms with Crippen molar-refractivity contribution in [2.24, 2.45) is 5.10 Å². The van der Waals surface area contributed by atoms with E-state index in [1.807, 2.05) is 0 Å². The Labute approximate surface area is 142 Å². The van der Waals surface area contributed by atoms with E-state index in [1.165, 1.54) is 43.2 Å². The summed E-state index contributed by atoms with van der Waals surface area (Å²) >= 11 is 0. The number of hydrazone groups is 1. The van der Waals surface area contributed by atoms with Gasteiger partial charge in [0, 0.05) is 19.4 Å². The summed E-state index contributed by atoms with van der Waals surface area (Å²) in [6, 6.07) is 8.84. The molecule has 1 aliphatic carbocycles. The zero-order valence-electron chi connectivity index (χ0n) is 14.0. The summed E-state index contributed by atoms with van der Waals surface area (Å²) in [4.78, 5) is 23.0. The predicted molar refractivity (Wildman–Crippen MR) is 93.8 cm³/mol. The third-order valence-corrected chi connectivity index (χ3v) is 4.92. The van der Waals surface area contributed by atoms with Crippen LogP contribution in [0.2, 0.25) is 0 Å². The van der Waals surface area contributed by atoms with Crippen LogP contribution in [0.15, 0.2) is 29.4 Å². The largest absolute Gasteiger partial charge is 0.351 e. The molecule has 0 aromatic heterocycles. The van der Waals surface area contributed by atoms with Crippen molar-refractivity contribution in [1.82, 2.24) is 10.7 Å². The molecule has 2 aliphatic rings. The number of carbonyl (C=O) groups excluding carboxylic acids is 2. The minimum absolute atomic E-state index is 0.135. The van der Waals surface area contributed by atoms with Crippen LogP contribution >= 0.6 is 0 Å². The highest BCUT2D eigenvalue weighted by Crippen LogP contribution is 2.32. The predicted octanol–water partition coefficient (Wildman–Crippen LogP) is 2.66. The molecule has 0 unspecified atom stereocenters. The number of hydrogen-bond acceptors (Lipinski definition) is 3. The second-order valence-electron chi connectivity index (χ2n) is 6.68. The van der Waals surface area contributed by atoms with E-state index >= 15 is 0 Å². The number of rotatable bonds is 5. The normalized spacial score (nSPS) is 18.7. The van der Waals surface area contributed by atoms with Gasteiger partial charge in [-0.2, -0.15) is 5.10 Å². The molecule has 24 heavy (non-hydrogen) atoms. The van der Waals surface area contributed by atoms with Crippen molar-refractivity contribution in [3.05, 3.63) is 35.4 Å². The highest BCUT2D eigenvalue weighted by atomic mass is 16.2. The van der Waals surface area contributed by atoms with Gasteiger partial charge in [-0.25, -0.2) is 5.43 Å². The lowest BCUT2D eigenvalue weighted by Crippen LogP contribution is -2.37. The number of benzene rings is 1. The number of nitrogens with one attached hydrogen (secondary N) is 2. The van der Waals surface area contributed by atoms with Crippen molar-refractivity contribution in [3.63, 3.8) is 0 Å². The molecule has 5 nitrogen and oxygen atoms in total. The molecule has 1 aliphatic heterocycles. The standard InChI is InChI=1S/C19H25N3O2/c23-18-11-10-17(21-22-18)19(24)20-13-12-14-6-8-16(9-7-14)15-4-2-1-3-5-15/h6-9,15H,1-5,10-13H2,(H,20,24)(H,22,23). The van der Waals surface area contributed by atoms with E-state index in [2.05, 4.69) is 40.1 Å². The molecule has 1 aromatic rings. The fraction of sp³-hybridized carbons (Fsp3) is 0.526. The molecule has 128 valence electrons. The van der Waals surface area contributed by atoms with Crippen molar-refractivity contribution in [1.29, 1.82) is 0 Å². The summed E-state index contributed by atoms with van der Waals surface area (Å²) in [5.74, 6) is 0.408. The van der Waals surface area contributed by atoms with Gasteiger partial charge in [0.25, 0.3) is 5.91 Å². The first-order valence-electron chi connectivity index (χ1n) is 8.95. The van der Waals surface area contributed by atoms with Gasteiger partial charge in [-0.3, -0.25) is 9.59 Å². The first-order valence-corrected chi connectivity index (χ1v) is 8.95. The van der Waals surface area contributed by atoms with Gasteiger partial charge in [0.05, 0.1) is 0 Å². The third kappa shape index (κ3) is 4.43. The molecule has 1 fully saturated rings. The molecular formula is C19H25N3O2. The van der Waals surface area contributed by atoms with E-state index in [0.717, 1.165) is 12.3 Å². The second kappa shape index (κ2) is 8.08. The first kappa shape index (κ1) is 16.7. The summed E-state index contributed by atoms with van der Waals surface area (Å²) < 4.78 is 0. The summed E-state index contributed by atoms with van der Waals surface area (Å²) in [5.41, 5.74) is 5.44. The average Bonchev–Trinajstić information content (AvgIpc) is 2.63. The second-order valence-corrected chi connectivity index (χ2v) is 6.68. The molecule has 2 amide bonds. The van der Waals surface area contributed by atoms with Gasteiger partial charge >= 0.3 is 0 Å². The zero-order chi connectivity index (χ0) is 16.8. The monoisotopic (exact) mass is 327 g/mol. The molecule has 1 aromatic carbocycles. The van der Waals surface area contributed by atoms with Gasteiger partial charge in [-0.1, -0.05) is 43.5 Å². The minimum Gasteiger partial charge on any atom is -0.351 e. The smallest absolute Gasteiger partial charge is 0.267 e. The Morgan fingerprint density at radius 3 is 2.54 bits per heavy atom. The van der Waals surface area contributed by atoms with Gasteiger partial charge in [0.15, 0.2) is 0 Å². The lowest BCUT2D eigenvalue weighted by Gasteiger charge is -2.22. The summed E-state index contributed by atoms with van der Waals surface area (Å²) in [5, 5.41) is 6.68. The van der Waals surface area contributed by atoms with Crippen LogP contribution in [0.1, 0.15) is 62.0 Å². The highest BCUT2D eigenvalue weighted by Gasteiger charge is 2.18. The van der Waals surface area contributed by atoms with Crippen LogP contribution in [-0.2, 0) is 16.0 Å². The maximum Gasteiger partial charge on any atom is 0.267 e. The molecule has 0 atom stereocenters. The maximum absolute atomic E-state index is 12.0. The first-order chi connectivity index (χ1) is 11.7. The van der Waals surface area contributed by atoms with Crippen molar-refractivity contribution >= 4 is 17.5 Å². The Kier molecular flexibility index (Phi) is 5.62. The molecule has 1 heterocycles. The molecule has 0 saturated heterocycles. The van der Waals surface area contributed by atoms with Gasteiger partial charge in [-0.05, 0) is 36.3 Å². The molecule has 0 spiro atoms. The van der Waals surface area contributed by atoms with Gasteiger partial charge < -0.3 is 5.32 Å². The van der Waals surface area contributed by atoms with Crippen molar-refractivity contribution < 1.29 is 9.59 Å². The summed E-state index contributed by atoms with van der Waals surface area (Å²) in [6.45, 7) is 0.578. The van der Waals surface area contributed by atoms with Crippen LogP contribution in [0.4, 0.5) is 0 Å². The Balaban J connectivity index is 1.45. The van der Waals surface area contributed by atoms with Crippen LogP contribution in [0, 0.1) is 0 Å². The van der Waals surface area contributed by atoms with Crippen LogP contribution in [-0.4, -0.2) is 24.1 Å². The van der Waals surface area contributed by atoms with E-state index in [0.29, 0.717) is 25.1 Å². The van der Waals surface area contributed by atoms with E-state index in [1.54, 1.807) is 0 Å². The van der Waals surface area contributed by atoms with Gasteiger partial charge in [0.1, 0.15) is 5.71 Å². The number of amides is 2. The maximum atomic E-state index is 12.0. The van der Waals surface area contributed by atoms with Crippen molar-refractivity contribution in [2.75, 3.05) is 6.54 Å². The highest BCUT2D eigenvalue weighted by molar-refractivity contribution is 6.39. The van der Waals surface area contributed by atoms with Gasteiger partial charge in [0.2, 0.25) is 5.91 Å². The molecule has 2 N–H and O–H groups in total. The van der Waals surface area contributed by atoms with Gasteiger partial charge in [-0.15, -0.1) is 0 Å². The van der Waals surface area contributed by atoms with E-state index in [-0.39, 0.29) is 11.8 Å². The van der Waals surface area contributed by atoms with Crippen LogP contribution < -0.4 is 10.7 Å². The fourth-order valence-electron chi connectivity index (χ4n) is 3.45. The SMILES string of the molecule is O=C1CCC(C(=O)NCCc2ccc(C3CCCCC3)cc2)=NN1. The summed E-state index contributed by atoms with van der Waals surface area (Å²) in [6.07, 6.45) is 8.25. The molecule has 5 heteroatoms. The van der Waals surface area contributed by atoms with E-state index in [4.69, 9.17) is 0 Å². The van der Waals surface area contributed by atoms with Crippen molar-refractivity contribution in [2.45, 2.75) is 57.3 Å². The Hall–Kier alpha value is -2.17. The number of nitrogens with zero attached hydrogens (tertiary/aromatic N) is 1. The van der Waals surface area contributed by atoms with Crippen LogP contribution in [0.25, 0.3) is 0 Å². The Morgan fingerprint density at radius 2 is 1.88 bits per heavy atom. The summed E-state index contributed by atoms with van der Waals surface area (Å²) in [7, 11) is 0. The van der Waals surface area contributed by atoms with Crippen molar-refractivity contribution in [3.8, 4) is 0 Å². The average molecular weight is 327 g/mol. The minimum atomic E-state index is -0.186. The molecule has 3 rings (SSSR count). The molecular weight excluding hydrogens is 302 g/mol. The van der Waals surface area contributed by atoms with Crippen LogP contribution in [0.5, 0.6) is 0 Å². The van der Waals surface area contributed by atoms with E-state index < -0.39 is 0 Å². The van der Waals surface area contributed by atoms with E-state index in [9.17, 15) is 9.59 Å². The lowest BCUT2D eigenvalue weighted by molar-refractivity contribution is -0.121. The quantitative estimate of drug-likeness (QED) is 0.873. The Bertz CT molecular complexity index is 616. The molecule has 0 radical (unpaired) electrons. The molecule has 0 bridgehead atoms. The topological polar surface area (TPSA) is 70.6 Å². The zero-order valence-corrected chi connectivity index (χ0v) is 14.0. The number of hydrogen-bond donors (Lipinski definition) is 2. The third-order valence-electron chi connectivity index (χ3n) is 4.92. The molecule has 1 saturated carbocycles. The van der Waals surface area contributed by atoms with Crippen LogP contribution in [0.3, 0.4) is 0 Å². The number of carbonyl (C=O) groups is 2.